The molecule has 0 aliphatic heterocycles. The van der Waals surface area contributed by atoms with E-state index in [0.29, 0.717) is 31.7 Å². The van der Waals surface area contributed by atoms with Crippen LogP contribution in [0.4, 0.5) is 10.8 Å². The molecule has 0 spiro atoms. The number of carbonyl (C=O) groups is 1. The number of rotatable bonds is 7. The quantitative estimate of drug-likeness (QED) is 0.537. The Morgan fingerprint density at radius 2 is 2.26 bits per heavy atom. The molecule has 0 radical (unpaired) electrons. The molecule has 0 saturated heterocycles. The Morgan fingerprint density at radius 3 is 2.96 bits per heavy atom. The standard InChI is InChI=1S/C14H14Cl2N4OS2/c1-3-6-17-13-19-20-14(23-13)22-8(2)12(21)18-11-5-4-9(15)7-10(11)16/h3-5,7-8H,1,6H2,2H3,(H,17,19)(H,18,21)/t8-/m0/s1. The van der Waals surface area contributed by atoms with Crippen molar-refractivity contribution in [1.29, 1.82) is 0 Å². The van der Waals surface area contributed by atoms with Gasteiger partial charge in [-0.05, 0) is 25.1 Å². The van der Waals surface area contributed by atoms with E-state index in [4.69, 9.17) is 23.2 Å². The van der Waals surface area contributed by atoms with E-state index < -0.39 is 0 Å². The van der Waals surface area contributed by atoms with Crippen molar-refractivity contribution in [2.45, 2.75) is 16.5 Å². The third-order valence-electron chi connectivity index (χ3n) is 2.64. The Kier molecular flexibility index (Phi) is 6.71. The molecule has 0 unspecified atom stereocenters. The third-order valence-corrected chi connectivity index (χ3v) is 5.25. The molecule has 1 aromatic carbocycles. The molecule has 9 heteroatoms. The lowest BCUT2D eigenvalue weighted by molar-refractivity contribution is -0.115. The molecule has 2 aromatic rings. The number of hydrogen-bond donors (Lipinski definition) is 2. The number of hydrogen-bond acceptors (Lipinski definition) is 6. The minimum absolute atomic E-state index is 0.171. The highest BCUT2D eigenvalue weighted by atomic mass is 35.5. The molecule has 23 heavy (non-hydrogen) atoms. The summed E-state index contributed by atoms with van der Waals surface area (Å²) in [6.07, 6.45) is 1.74. The summed E-state index contributed by atoms with van der Waals surface area (Å²) in [5.74, 6) is -0.171. The van der Waals surface area contributed by atoms with Crippen LogP contribution in [-0.2, 0) is 4.79 Å². The molecule has 1 heterocycles. The summed E-state index contributed by atoms with van der Waals surface area (Å²) in [7, 11) is 0. The van der Waals surface area contributed by atoms with E-state index in [0.717, 1.165) is 0 Å². The van der Waals surface area contributed by atoms with Crippen LogP contribution in [0.15, 0.2) is 35.2 Å². The molecule has 5 nitrogen and oxygen atoms in total. The molecule has 0 saturated carbocycles. The highest BCUT2D eigenvalue weighted by molar-refractivity contribution is 8.02. The largest absolute Gasteiger partial charge is 0.357 e. The van der Waals surface area contributed by atoms with Gasteiger partial charge >= 0.3 is 0 Å². The van der Waals surface area contributed by atoms with E-state index in [9.17, 15) is 4.79 Å². The average molecular weight is 389 g/mol. The summed E-state index contributed by atoms with van der Waals surface area (Å²) in [5, 5.41) is 15.1. The third kappa shape index (κ3) is 5.39. The van der Waals surface area contributed by atoms with Crippen molar-refractivity contribution in [3.63, 3.8) is 0 Å². The first kappa shape index (κ1) is 18.1. The first-order valence-corrected chi connectivity index (χ1v) is 9.05. The summed E-state index contributed by atoms with van der Waals surface area (Å²) in [5.41, 5.74) is 0.527. The fraction of sp³-hybridized carbons (Fsp3) is 0.214. The van der Waals surface area contributed by atoms with Crippen LogP contribution in [-0.4, -0.2) is 27.9 Å². The summed E-state index contributed by atoms with van der Waals surface area (Å²) in [6, 6.07) is 4.92. The van der Waals surface area contributed by atoms with Gasteiger partial charge in [-0.15, -0.1) is 16.8 Å². The first-order valence-electron chi connectivity index (χ1n) is 6.60. The van der Waals surface area contributed by atoms with Crippen LogP contribution in [0.25, 0.3) is 0 Å². The minimum Gasteiger partial charge on any atom is -0.357 e. The van der Waals surface area contributed by atoms with Gasteiger partial charge in [-0.25, -0.2) is 0 Å². The van der Waals surface area contributed by atoms with Crippen LogP contribution >= 0.6 is 46.3 Å². The average Bonchev–Trinajstić information content (AvgIpc) is 2.95. The monoisotopic (exact) mass is 388 g/mol. The van der Waals surface area contributed by atoms with Crippen molar-refractivity contribution >= 4 is 63.0 Å². The number of aromatic nitrogens is 2. The van der Waals surface area contributed by atoms with E-state index in [2.05, 4.69) is 27.4 Å². The smallest absolute Gasteiger partial charge is 0.237 e. The van der Waals surface area contributed by atoms with Gasteiger partial charge in [-0.3, -0.25) is 4.79 Å². The number of thioether (sulfide) groups is 1. The van der Waals surface area contributed by atoms with Crippen molar-refractivity contribution in [1.82, 2.24) is 10.2 Å². The molecule has 0 bridgehead atoms. The van der Waals surface area contributed by atoms with Crippen molar-refractivity contribution in [3.05, 3.63) is 40.9 Å². The fourth-order valence-corrected chi connectivity index (χ4v) is 3.88. The highest BCUT2D eigenvalue weighted by Crippen LogP contribution is 2.30. The Bertz CT molecular complexity index is 708. The molecule has 1 atom stereocenters. The Labute approximate surface area is 152 Å². The zero-order valence-corrected chi connectivity index (χ0v) is 15.3. The first-order chi connectivity index (χ1) is 11.0. The SMILES string of the molecule is C=CCNc1nnc(S[C@@H](C)C(=O)Nc2ccc(Cl)cc2Cl)s1. The predicted octanol–water partition coefficient (Wildman–Crippen LogP) is 4.56. The molecule has 122 valence electrons. The number of benzene rings is 1. The lowest BCUT2D eigenvalue weighted by Crippen LogP contribution is -2.22. The van der Waals surface area contributed by atoms with Crippen molar-refractivity contribution in [2.24, 2.45) is 0 Å². The lowest BCUT2D eigenvalue weighted by Gasteiger charge is -2.11. The second kappa shape index (κ2) is 8.54. The zero-order valence-electron chi connectivity index (χ0n) is 12.2. The zero-order chi connectivity index (χ0) is 16.8. The van der Waals surface area contributed by atoms with Gasteiger partial charge in [-0.1, -0.05) is 52.4 Å². The van der Waals surface area contributed by atoms with Crippen LogP contribution in [0.1, 0.15) is 6.92 Å². The molecule has 1 amide bonds. The van der Waals surface area contributed by atoms with Crippen molar-refractivity contribution < 1.29 is 4.79 Å². The molecular formula is C14H14Cl2N4OS2. The molecule has 2 N–H and O–H groups in total. The summed E-state index contributed by atoms with van der Waals surface area (Å²) in [4.78, 5) is 12.2. The van der Waals surface area contributed by atoms with Gasteiger partial charge in [-0.2, -0.15) is 0 Å². The number of amides is 1. The summed E-state index contributed by atoms with van der Waals surface area (Å²) in [6.45, 7) is 6.03. The topological polar surface area (TPSA) is 66.9 Å². The molecule has 0 aliphatic rings. The number of carbonyl (C=O) groups excluding carboxylic acids is 1. The second-order valence-electron chi connectivity index (χ2n) is 4.42. The van der Waals surface area contributed by atoms with Gasteiger partial charge in [0.2, 0.25) is 11.0 Å². The molecule has 0 fully saturated rings. The predicted molar refractivity (Wildman–Crippen MR) is 99.0 cm³/mol. The number of nitrogens with one attached hydrogen (secondary N) is 2. The number of anilines is 2. The van der Waals surface area contributed by atoms with Gasteiger partial charge in [0.05, 0.1) is 16.0 Å². The summed E-state index contributed by atoms with van der Waals surface area (Å²) >= 11 is 14.6. The minimum atomic E-state index is -0.345. The highest BCUT2D eigenvalue weighted by Gasteiger charge is 2.18. The van der Waals surface area contributed by atoms with Gasteiger partial charge in [0.25, 0.3) is 0 Å². The molecule has 1 aromatic heterocycles. The molecule has 2 rings (SSSR count). The van der Waals surface area contributed by atoms with Gasteiger partial charge < -0.3 is 10.6 Å². The van der Waals surface area contributed by atoms with E-state index in [1.165, 1.54) is 23.1 Å². The van der Waals surface area contributed by atoms with E-state index >= 15 is 0 Å². The van der Waals surface area contributed by atoms with Crippen molar-refractivity contribution in [3.8, 4) is 0 Å². The van der Waals surface area contributed by atoms with Crippen LogP contribution in [0, 0.1) is 0 Å². The summed E-state index contributed by atoms with van der Waals surface area (Å²) < 4.78 is 0.710. The van der Waals surface area contributed by atoms with Crippen LogP contribution in [0.5, 0.6) is 0 Å². The van der Waals surface area contributed by atoms with Crippen LogP contribution in [0.3, 0.4) is 0 Å². The Morgan fingerprint density at radius 1 is 1.48 bits per heavy atom. The number of halogens is 2. The number of nitrogens with zero attached hydrogens (tertiary/aromatic N) is 2. The lowest BCUT2D eigenvalue weighted by atomic mass is 10.3. The Balaban J connectivity index is 1.94. The fourth-order valence-electron chi connectivity index (χ4n) is 1.52. The van der Waals surface area contributed by atoms with E-state index in [1.54, 1.807) is 31.2 Å². The molecular weight excluding hydrogens is 375 g/mol. The van der Waals surface area contributed by atoms with Crippen molar-refractivity contribution in [2.75, 3.05) is 17.2 Å². The maximum atomic E-state index is 12.2. The van der Waals surface area contributed by atoms with E-state index in [-0.39, 0.29) is 11.2 Å². The van der Waals surface area contributed by atoms with Crippen LogP contribution in [0.2, 0.25) is 10.0 Å². The maximum Gasteiger partial charge on any atom is 0.237 e. The van der Waals surface area contributed by atoms with Crippen LogP contribution < -0.4 is 10.6 Å². The van der Waals surface area contributed by atoms with E-state index in [1.807, 2.05) is 0 Å². The second-order valence-corrected chi connectivity index (χ2v) is 7.83. The van der Waals surface area contributed by atoms with Gasteiger partial charge in [0, 0.05) is 11.6 Å². The molecule has 0 aliphatic carbocycles. The maximum absolute atomic E-state index is 12.2. The normalized spacial score (nSPS) is 11.8. The Hall–Kier alpha value is -1.28. The van der Waals surface area contributed by atoms with Gasteiger partial charge in [0.1, 0.15) is 0 Å². The van der Waals surface area contributed by atoms with Gasteiger partial charge in [0.15, 0.2) is 4.34 Å².